The summed E-state index contributed by atoms with van der Waals surface area (Å²) >= 11 is 0. The first kappa shape index (κ1) is 12.4. The number of hydrogen-bond acceptors (Lipinski definition) is 3. The summed E-state index contributed by atoms with van der Waals surface area (Å²) in [4.78, 5) is 0. The first-order valence-corrected chi connectivity index (χ1v) is 5.69. The molecule has 1 aromatic rings. The highest BCUT2D eigenvalue weighted by Crippen LogP contribution is 2.26. The summed E-state index contributed by atoms with van der Waals surface area (Å²) in [7, 11) is -0.580. The highest BCUT2D eigenvalue weighted by molar-refractivity contribution is 6.61. The molecule has 0 radical (unpaired) electrons. The molecule has 0 aliphatic carbocycles. The zero-order valence-electron chi connectivity index (χ0n) is 10.2. The fraction of sp³-hybridized carbons (Fsp3) is 0.500. The molecule has 2 rings (SSSR count). The average Bonchev–Trinajstić information content (AvgIpc) is 2.19. The lowest BCUT2D eigenvalue weighted by Crippen LogP contribution is -2.51. The molecule has 1 N–H and O–H groups in total. The molecule has 17 heavy (non-hydrogen) atoms. The Morgan fingerprint density at radius 1 is 1.47 bits per heavy atom. The third-order valence-electron chi connectivity index (χ3n) is 2.80. The number of hydrogen-bond donors (Lipinski definition) is 1. The average molecular weight is 238 g/mol. The SMILES string of the molecule is CC1CC(C)(C)OB(c2ccc(O)c(F)c2)O1. The highest BCUT2D eigenvalue weighted by atomic mass is 19.1. The third-order valence-corrected chi connectivity index (χ3v) is 2.80. The van der Waals surface area contributed by atoms with Gasteiger partial charge in [0.25, 0.3) is 0 Å². The van der Waals surface area contributed by atoms with E-state index in [1.54, 1.807) is 6.07 Å². The minimum Gasteiger partial charge on any atom is -0.505 e. The first-order valence-electron chi connectivity index (χ1n) is 5.69. The third kappa shape index (κ3) is 2.79. The zero-order chi connectivity index (χ0) is 12.6. The van der Waals surface area contributed by atoms with Crippen LogP contribution in [0.2, 0.25) is 0 Å². The van der Waals surface area contributed by atoms with Crippen LogP contribution in [0.1, 0.15) is 27.2 Å². The van der Waals surface area contributed by atoms with Crippen molar-refractivity contribution in [2.75, 3.05) is 0 Å². The van der Waals surface area contributed by atoms with Crippen LogP contribution in [0.25, 0.3) is 0 Å². The van der Waals surface area contributed by atoms with Crippen molar-refractivity contribution in [2.24, 2.45) is 0 Å². The standard InChI is InChI=1S/C12H16BFO3/c1-8-7-12(2,3)17-13(16-8)9-4-5-11(15)10(14)6-9/h4-6,8,15H,7H2,1-3H3. The molecule has 92 valence electrons. The Balaban J connectivity index is 2.24. The van der Waals surface area contributed by atoms with E-state index in [0.29, 0.717) is 5.46 Å². The lowest BCUT2D eigenvalue weighted by molar-refractivity contribution is -0.0230. The first-order chi connectivity index (χ1) is 7.87. The molecule has 0 aromatic heterocycles. The molecule has 0 saturated carbocycles. The number of phenolic OH excluding ortho intramolecular Hbond substituents is 1. The summed E-state index contributed by atoms with van der Waals surface area (Å²) in [6.07, 6.45) is 0.852. The smallest absolute Gasteiger partial charge is 0.494 e. The van der Waals surface area contributed by atoms with Gasteiger partial charge in [-0.25, -0.2) is 4.39 Å². The molecule has 1 atom stereocenters. The van der Waals surface area contributed by atoms with Crippen LogP contribution in [-0.2, 0) is 9.31 Å². The van der Waals surface area contributed by atoms with Gasteiger partial charge >= 0.3 is 7.12 Å². The van der Waals surface area contributed by atoms with Gasteiger partial charge in [0.05, 0.1) is 5.60 Å². The van der Waals surface area contributed by atoms with Crippen LogP contribution < -0.4 is 5.46 Å². The van der Waals surface area contributed by atoms with Crippen LogP contribution in [-0.4, -0.2) is 23.9 Å². The predicted octanol–water partition coefficient (Wildman–Crippen LogP) is 1.83. The summed E-state index contributed by atoms with van der Waals surface area (Å²) in [5.41, 5.74) is 0.288. The van der Waals surface area contributed by atoms with Gasteiger partial charge in [-0.1, -0.05) is 6.07 Å². The van der Waals surface area contributed by atoms with Crippen LogP contribution in [0.15, 0.2) is 18.2 Å². The van der Waals surface area contributed by atoms with Crippen molar-refractivity contribution in [1.29, 1.82) is 0 Å². The van der Waals surface area contributed by atoms with E-state index >= 15 is 0 Å². The minimum atomic E-state index is -0.661. The quantitative estimate of drug-likeness (QED) is 0.758. The molecule has 0 spiro atoms. The topological polar surface area (TPSA) is 38.7 Å². The Kier molecular flexibility index (Phi) is 3.14. The fourth-order valence-electron chi connectivity index (χ4n) is 2.13. The molecule has 1 fully saturated rings. The van der Waals surface area contributed by atoms with E-state index in [1.807, 2.05) is 20.8 Å². The van der Waals surface area contributed by atoms with Crippen molar-refractivity contribution < 1.29 is 18.8 Å². The number of rotatable bonds is 1. The van der Waals surface area contributed by atoms with Crippen molar-refractivity contribution in [3.05, 3.63) is 24.0 Å². The van der Waals surface area contributed by atoms with Crippen LogP contribution in [0.5, 0.6) is 5.75 Å². The monoisotopic (exact) mass is 238 g/mol. The van der Waals surface area contributed by atoms with Crippen molar-refractivity contribution >= 4 is 12.6 Å². The number of aromatic hydroxyl groups is 1. The second kappa shape index (κ2) is 4.31. The van der Waals surface area contributed by atoms with Crippen molar-refractivity contribution in [1.82, 2.24) is 0 Å². The molecule has 1 saturated heterocycles. The normalized spacial score (nSPS) is 23.8. The number of halogens is 1. The van der Waals surface area contributed by atoms with Crippen molar-refractivity contribution in [3.8, 4) is 5.75 Å². The molecule has 1 aromatic carbocycles. The van der Waals surface area contributed by atoms with Crippen LogP contribution in [0.3, 0.4) is 0 Å². The van der Waals surface area contributed by atoms with E-state index in [9.17, 15) is 4.39 Å². The van der Waals surface area contributed by atoms with Gasteiger partial charge in [-0.2, -0.15) is 0 Å². The van der Waals surface area contributed by atoms with Crippen LogP contribution in [0.4, 0.5) is 4.39 Å². The highest BCUT2D eigenvalue weighted by Gasteiger charge is 2.38. The molecule has 1 aliphatic rings. The molecule has 1 aliphatic heterocycles. The Hall–Kier alpha value is -1.07. The molecule has 1 unspecified atom stereocenters. The molecule has 0 amide bonds. The fourth-order valence-corrected chi connectivity index (χ4v) is 2.13. The van der Waals surface area contributed by atoms with Gasteiger partial charge in [0.1, 0.15) is 0 Å². The van der Waals surface area contributed by atoms with Gasteiger partial charge in [0.15, 0.2) is 11.6 Å². The van der Waals surface area contributed by atoms with Gasteiger partial charge in [0, 0.05) is 6.10 Å². The Morgan fingerprint density at radius 3 is 2.76 bits per heavy atom. The minimum absolute atomic E-state index is 0.0561. The number of benzene rings is 1. The van der Waals surface area contributed by atoms with Gasteiger partial charge in [0.2, 0.25) is 0 Å². The maximum absolute atomic E-state index is 13.3. The van der Waals surface area contributed by atoms with E-state index < -0.39 is 12.9 Å². The van der Waals surface area contributed by atoms with E-state index in [0.717, 1.165) is 6.42 Å². The molecular formula is C12H16BFO3. The largest absolute Gasteiger partial charge is 0.505 e. The maximum Gasteiger partial charge on any atom is 0.494 e. The van der Waals surface area contributed by atoms with E-state index in [2.05, 4.69) is 0 Å². The van der Waals surface area contributed by atoms with Crippen LogP contribution >= 0.6 is 0 Å². The molecule has 1 heterocycles. The maximum atomic E-state index is 13.3. The van der Waals surface area contributed by atoms with Crippen LogP contribution in [0, 0.1) is 5.82 Å². The predicted molar refractivity (Wildman–Crippen MR) is 63.8 cm³/mol. The van der Waals surface area contributed by atoms with Gasteiger partial charge in [-0.05, 0) is 44.8 Å². The lowest BCUT2D eigenvalue weighted by atomic mass is 9.75. The van der Waals surface area contributed by atoms with Gasteiger partial charge in [-0.15, -0.1) is 0 Å². The van der Waals surface area contributed by atoms with Gasteiger partial charge in [-0.3, -0.25) is 0 Å². The Morgan fingerprint density at radius 2 is 2.18 bits per heavy atom. The second-order valence-corrected chi connectivity index (χ2v) is 5.07. The molecular weight excluding hydrogens is 222 g/mol. The van der Waals surface area contributed by atoms with E-state index in [4.69, 9.17) is 14.4 Å². The molecule has 0 bridgehead atoms. The summed E-state index contributed by atoms with van der Waals surface area (Å²) < 4.78 is 24.6. The Bertz CT molecular complexity index is 422. The lowest BCUT2D eigenvalue weighted by Gasteiger charge is -2.38. The van der Waals surface area contributed by atoms with Crippen molar-refractivity contribution in [2.45, 2.75) is 38.9 Å². The van der Waals surface area contributed by atoms with Crippen molar-refractivity contribution in [3.63, 3.8) is 0 Å². The van der Waals surface area contributed by atoms with E-state index in [1.165, 1.54) is 12.1 Å². The van der Waals surface area contributed by atoms with E-state index in [-0.39, 0.29) is 17.5 Å². The number of phenols is 1. The zero-order valence-corrected chi connectivity index (χ0v) is 10.2. The molecule has 3 nitrogen and oxygen atoms in total. The molecule has 5 heteroatoms. The Labute approximate surface area is 101 Å². The summed E-state index contributed by atoms with van der Waals surface area (Å²) in [6.45, 7) is 5.93. The van der Waals surface area contributed by atoms with Gasteiger partial charge < -0.3 is 14.4 Å². The second-order valence-electron chi connectivity index (χ2n) is 5.07. The summed E-state index contributed by atoms with van der Waals surface area (Å²) in [6, 6.07) is 4.16. The summed E-state index contributed by atoms with van der Waals surface area (Å²) in [5, 5.41) is 9.14. The summed E-state index contributed by atoms with van der Waals surface area (Å²) in [5.74, 6) is -1.03.